The largest absolute Gasteiger partial charge is 0.388 e. The van der Waals surface area contributed by atoms with Crippen molar-refractivity contribution in [3.63, 3.8) is 0 Å². The third kappa shape index (κ3) is 2.45. The Morgan fingerprint density at radius 3 is 2.76 bits per heavy atom. The molecule has 1 aliphatic carbocycles. The van der Waals surface area contributed by atoms with Gasteiger partial charge in [-0.2, -0.15) is 0 Å². The van der Waals surface area contributed by atoms with Gasteiger partial charge in [0.2, 0.25) is 0 Å². The summed E-state index contributed by atoms with van der Waals surface area (Å²) >= 11 is 0. The van der Waals surface area contributed by atoms with Crippen LogP contribution >= 0.6 is 0 Å². The number of carbonyl (C=O) groups is 1. The zero-order valence-corrected chi connectivity index (χ0v) is 11.9. The summed E-state index contributed by atoms with van der Waals surface area (Å²) in [7, 11) is 0. The number of H-pyrrole nitrogens is 1. The topological polar surface area (TPSA) is 82.2 Å². The van der Waals surface area contributed by atoms with Crippen LogP contribution in [0.5, 0.6) is 0 Å². The number of carbonyl (C=O) groups excluding carboxylic acids is 1. The molecule has 21 heavy (non-hydrogen) atoms. The molecule has 0 atom stereocenters. The van der Waals surface area contributed by atoms with E-state index >= 15 is 0 Å². The maximum atomic E-state index is 12.3. The first-order valence-corrected chi connectivity index (χ1v) is 7.12. The lowest BCUT2D eigenvalue weighted by Gasteiger charge is -2.36. The predicted octanol–water partition coefficient (Wildman–Crippen LogP) is 1.48. The summed E-state index contributed by atoms with van der Waals surface area (Å²) in [6.45, 7) is 1.96. The molecule has 0 spiro atoms. The first-order valence-electron chi connectivity index (χ1n) is 7.12. The van der Waals surface area contributed by atoms with E-state index in [4.69, 9.17) is 0 Å². The fraction of sp³-hybridized carbons (Fsp3) is 0.375. The van der Waals surface area contributed by atoms with E-state index < -0.39 is 17.1 Å². The van der Waals surface area contributed by atoms with Gasteiger partial charge in [-0.15, -0.1) is 0 Å². The van der Waals surface area contributed by atoms with Gasteiger partial charge in [-0.25, -0.2) is 0 Å². The van der Waals surface area contributed by atoms with Crippen molar-refractivity contribution in [2.45, 2.75) is 31.8 Å². The number of para-hydroxylation sites is 1. The number of fused-ring (bicyclic) bond motifs is 1. The number of aromatic amines is 1. The average Bonchev–Trinajstić information content (AvgIpc) is 2.43. The molecule has 5 nitrogen and oxygen atoms in total. The van der Waals surface area contributed by atoms with Crippen LogP contribution in [0.1, 0.15) is 35.2 Å². The second-order valence-electron chi connectivity index (χ2n) is 5.76. The fourth-order valence-corrected chi connectivity index (χ4v) is 2.78. The van der Waals surface area contributed by atoms with Gasteiger partial charge in [0.15, 0.2) is 0 Å². The lowest BCUT2D eigenvalue weighted by Crippen LogP contribution is -2.48. The van der Waals surface area contributed by atoms with Crippen molar-refractivity contribution in [2.75, 3.05) is 6.54 Å². The molecule has 0 saturated heterocycles. The van der Waals surface area contributed by atoms with Gasteiger partial charge in [0.1, 0.15) is 5.56 Å². The van der Waals surface area contributed by atoms with E-state index in [0.29, 0.717) is 23.9 Å². The highest BCUT2D eigenvalue weighted by Gasteiger charge is 2.34. The fourth-order valence-electron chi connectivity index (χ4n) is 2.78. The van der Waals surface area contributed by atoms with E-state index in [9.17, 15) is 14.7 Å². The van der Waals surface area contributed by atoms with Crippen LogP contribution in [-0.2, 0) is 0 Å². The number of hydrogen-bond acceptors (Lipinski definition) is 3. The third-order valence-electron chi connectivity index (χ3n) is 4.27. The smallest absolute Gasteiger partial charge is 0.261 e. The SMILES string of the molecule is Cc1c(C(=O)NCC2(O)CCC2)c(=O)[nH]c2ccccc12. The number of benzene rings is 1. The van der Waals surface area contributed by atoms with E-state index in [1.807, 2.05) is 24.3 Å². The Labute approximate surface area is 122 Å². The van der Waals surface area contributed by atoms with E-state index in [-0.39, 0.29) is 12.1 Å². The zero-order valence-electron chi connectivity index (χ0n) is 11.9. The molecule has 0 unspecified atom stereocenters. The number of hydrogen-bond donors (Lipinski definition) is 3. The minimum atomic E-state index is -0.798. The quantitative estimate of drug-likeness (QED) is 0.799. The minimum absolute atomic E-state index is 0.122. The molecule has 3 N–H and O–H groups in total. The third-order valence-corrected chi connectivity index (χ3v) is 4.27. The Morgan fingerprint density at radius 1 is 1.38 bits per heavy atom. The van der Waals surface area contributed by atoms with Gasteiger partial charge in [0.25, 0.3) is 11.5 Å². The van der Waals surface area contributed by atoms with Crippen molar-refractivity contribution in [3.05, 3.63) is 45.7 Å². The van der Waals surface area contributed by atoms with Gasteiger partial charge in [-0.3, -0.25) is 9.59 Å². The minimum Gasteiger partial charge on any atom is -0.388 e. The van der Waals surface area contributed by atoms with Gasteiger partial charge in [-0.05, 0) is 37.8 Å². The molecule has 3 rings (SSSR count). The van der Waals surface area contributed by atoms with Crippen molar-refractivity contribution in [2.24, 2.45) is 0 Å². The van der Waals surface area contributed by atoms with Gasteiger partial charge in [0, 0.05) is 17.4 Å². The Morgan fingerprint density at radius 2 is 2.10 bits per heavy atom. The Kier molecular flexibility index (Phi) is 3.29. The van der Waals surface area contributed by atoms with Crippen LogP contribution in [0.2, 0.25) is 0 Å². The second kappa shape index (κ2) is 5.00. The summed E-state index contributed by atoms with van der Waals surface area (Å²) in [6.07, 6.45) is 2.36. The van der Waals surface area contributed by atoms with Crippen LogP contribution in [-0.4, -0.2) is 28.1 Å². The van der Waals surface area contributed by atoms with Crippen LogP contribution in [0.25, 0.3) is 10.9 Å². The first-order chi connectivity index (χ1) is 10.0. The number of nitrogens with one attached hydrogen (secondary N) is 2. The van der Waals surface area contributed by atoms with Gasteiger partial charge < -0.3 is 15.4 Å². The molecule has 1 aromatic heterocycles. The van der Waals surface area contributed by atoms with Crippen molar-refractivity contribution in [3.8, 4) is 0 Å². The van der Waals surface area contributed by atoms with Crippen LogP contribution in [0.3, 0.4) is 0 Å². The maximum Gasteiger partial charge on any atom is 0.261 e. The monoisotopic (exact) mass is 286 g/mol. The molecule has 1 saturated carbocycles. The van der Waals surface area contributed by atoms with Crippen molar-refractivity contribution in [1.29, 1.82) is 0 Å². The lowest BCUT2D eigenvalue weighted by molar-refractivity contribution is -0.0300. The van der Waals surface area contributed by atoms with E-state index in [1.165, 1.54) is 0 Å². The molecular formula is C16H18N2O3. The summed E-state index contributed by atoms with van der Waals surface area (Å²) in [5.74, 6) is -0.431. The summed E-state index contributed by atoms with van der Waals surface area (Å²) in [4.78, 5) is 27.1. The highest BCUT2D eigenvalue weighted by Crippen LogP contribution is 2.30. The summed E-state index contributed by atoms with van der Waals surface area (Å²) in [5, 5.41) is 13.5. The molecular weight excluding hydrogens is 268 g/mol. The second-order valence-corrected chi connectivity index (χ2v) is 5.76. The molecule has 1 amide bonds. The highest BCUT2D eigenvalue weighted by atomic mass is 16.3. The zero-order chi connectivity index (χ0) is 15.0. The molecule has 0 radical (unpaired) electrons. The van der Waals surface area contributed by atoms with E-state index in [2.05, 4.69) is 10.3 Å². The predicted molar refractivity (Wildman–Crippen MR) is 80.4 cm³/mol. The highest BCUT2D eigenvalue weighted by molar-refractivity contribution is 5.99. The number of rotatable bonds is 3. The molecule has 1 aliphatic rings. The maximum absolute atomic E-state index is 12.3. The lowest BCUT2D eigenvalue weighted by atomic mass is 9.80. The van der Waals surface area contributed by atoms with Gasteiger partial charge in [-0.1, -0.05) is 18.2 Å². The van der Waals surface area contributed by atoms with E-state index in [1.54, 1.807) is 6.92 Å². The molecule has 1 aromatic carbocycles. The summed E-state index contributed by atoms with van der Waals surface area (Å²) in [5.41, 5.74) is 0.301. The number of pyridine rings is 1. The van der Waals surface area contributed by atoms with Crippen LogP contribution < -0.4 is 10.9 Å². The first kappa shape index (κ1) is 13.8. The van der Waals surface area contributed by atoms with Crippen LogP contribution in [0.4, 0.5) is 0 Å². The summed E-state index contributed by atoms with van der Waals surface area (Å²) < 4.78 is 0. The van der Waals surface area contributed by atoms with Gasteiger partial charge >= 0.3 is 0 Å². The van der Waals surface area contributed by atoms with Crippen molar-refractivity contribution < 1.29 is 9.90 Å². The number of aliphatic hydroxyl groups is 1. The molecule has 1 heterocycles. The normalized spacial score (nSPS) is 16.5. The Hall–Kier alpha value is -2.14. The van der Waals surface area contributed by atoms with Gasteiger partial charge in [0.05, 0.1) is 5.60 Å². The van der Waals surface area contributed by atoms with E-state index in [0.717, 1.165) is 11.8 Å². The standard InChI is InChI=1S/C16H18N2O3/c1-10-11-5-2-3-6-12(11)18-15(20)13(10)14(19)17-9-16(21)7-4-8-16/h2-3,5-6,21H,4,7-9H2,1H3,(H,17,19)(H,18,20). The van der Waals surface area contributed by atoms with Crippen LogP contribution in [0.15, 0.2) is 29.1 Å². The number of amides is 1. The van der Waals surface area contributed by atoms with Crippen molar-refractivity contribution >= 4 is 16.8 Å². The summed E-state index contributed by atoms with van der Waals surface area (Å²) in [6, 6.07) is 7.38. The molecule has 0 aliphatic heterocycles. The van der Waals surface area contributed by atoms with Crippen LogP contribution in [0, 0.1) is 6.92 Å². The number of aryl methyl sites for hydroxylation is 1. The van der Waals surface area contributed by atoms with Crippen molar-refractivity contribution in [1.82, 2.24) is 10.3 Å². The molecule has 5 heteroatoms. The Balaban J connectivity index is 1.92. The molecule has 2 aromatic rings. The molecule has 0 bridgehead atoms. The average molecular weight is 286 g/mol. The molecule has 110 valence electrons. The number of aromatic nitrogens is 1. The Bertz CT molecular complexity index is 760. The molecule has 1 fully saturated rings.